The molecule has 2 unspecified atom stereocenters. The Morgan fingerprint density at radius 3 is 2.40 bits per heavy atom. The molecule has 1 aliphatic carbocycles. The summed E-state index contributed by atoms with van der Waals surface area (Å²) in [5, 5.41) is 2.72. The molecule has 0 spiro atoms. The zero-order valence-corrected chi connectivity index (χ0v) is 20.3. The first-order valence-corrected chi connectivity index (χ1v) is 13.2. The van der Waals surface area contributed by atoms with Crippen LogP contribution in [-0.2, 0) is 5.41 Å². The number of hydrogen-bond donors (Lipinski definition) is 0. The van der Waals surface area contributed by atoms with Crippen LogP contribution in [0.3, 0.4) is 0 Å². The number of benzene rings is 4. The Morgan fingerprint density at radius 2 is 1.46 bits per heavy atom. The summed E-state index contributed by atoms with van der Waals surface area (Å²) in [6.07, 6.45) is 5.17. The number of anilines is 2. The van der Waals surface area contributed by atoms with Gasteiger partial charge in [0.15, 0.2) is 0 Å². The highest BCUT2D eigenvalue weighted by molar-refractivity contribution is 7.00. The molecule has 2 nitrogen and oxygen atoms in total. The third kappa shape index (κ3) is 1.86. The third-order valence-electron chi connectivity index (χ3n) is 10.3. The molecule has 0 bridgehead atoms. The van der Waals surface area contributed by atoms with E-state index in [1.807, 2.05) is 0 Å². The first kappa shape index (κ1) is 18.8. The van der Waals surface area contributed by atoms with Crippen LogP contribution in [0.5, 0.6) is 0 Å². The predicted octanol–water partition coefficient (Wildman–Crippen LogP) is 5.67. The first-order chi connectivity index (χ1) is 17.1. The zero-order chi connectivity index (χ0) is 23.1. The van der Waals surface area contributed by atoms with Gasteiger partial charge in [0.05, 0.1) is 11.1 Å². The van der Waals surface area contributed by atoms with Gasteiger partial charge in [0, 0.05) is 38.8 Å². The lowest BCUT2D eigenvalue weighted by Gasteiger charge is -2.52. The van der Waals surface area contributed by atoms with E-state index in [4.69, 9.17) is 0 Å². The standard InChI is InChI=1S/C32H27BN2/c1-31-18-5-6-19-32(31,2)35-27-17-9-16-26-28(27)33(24-14-8-12-22(31)30(24)35)23-13-7-11-21-20-10-3-4-15-25(20)34(26)29(21)23/h3-4,7-17H,5-6,18-19H2,1-2H3. The van der Waals surface area contributed by atoms with Crippen molar-refractivity contribution in [3.8, 4) is 5.69 Å². The summed E-state index contributed by atoms with van der Waals surface area (Å²) >= 11 is 0. The minimum absolute atomic E-state index is 0.106. The van der Waals surface area contributed by atoms with Gasteiger partial charge in [-0.15, -0.1) is 0 Å². The highest BCUT2D eigenvalue weighted by atomic mass is 15.3. The van der Waals surface area contributed by atoms with Crippen LogP contribution in [0.4, 0.5) is 11.4 Å². The molecule has 5 aromatic rings. The van der Waals surface area contributed by atoms with Crippen LogP contribution in [0.1, 0.15) is 45.1 Å². The van der Waals surface area contributed by atoms with Crippen LogP contribution in [0.25, 0.3) is 27.5 Å². The van der Waals surface area contributed by atoms with Gasteiger partial charge in [0.2, 0.25) is 0 Å². The van der Waals surface area contributed by atoms with Crippen molar-refractivity contribution in [3.63, 3.8) is 0 Å². The second-order valence-corrected chi connectivity index (χ2v) is 11.6. The van der Waals surface area contributed by atoms with Gasteiger partial charge in [-0.1, -0.05) is 80.4 Å². The van der Waals surface area contributed by atoms with E-state index >= 15 is 0 Å². The van der Waals surface area contributed by atoms with Crippen molar-refractivity contribution in [2.75, 3.05) is 4.90 Å². The second kappa shape index (κ2) is 5.84. The van der Waals surface area contributed by atoms with Crippen molar-refractivity contribution in [1.82, 2.24) is 4.57 Å². The van der Waals surface area contributed by atoms with Crippen molar-refractivity contribution in [2.24, 2.45) is 0 Å². The molecule has 9 rings (SSSR count). The Balaban J connectivity index is 1.49. The number of hydrogen-bond acceptors (Lipinski definition) is 1. The Bertz CT molecular complexity index is 1760. The average molecular weight is 450 g/mol. The molecule has 4 aliphatic rings. The van der Waals surface area contributed by atoms with E-state index in [9.17, 15) is 0 Å². The Labute approximate surface area is 206 Å². The maximum atomic E-state index is 2.79. The Hall–Kier alpha value is -3.46. The van der Waals surface area contributed by atoms with Gasteiger partial charge in [-0.3, -0.25) is 0 Å². The topological polar surface area (TPSA) is 8.17 Å². The molecule has 0 N–H and O–H groups in total. The van der Waals surface area contributed by atoms with Gasteiger partial charge in [-0.2, -0.15) is 0 Å². The van der Waals surface area contributed by atoms with Crippen molar-refractivity contribution in [1.29, 1.82) is 0 Å². The van der Waals surface area contributed by atoms with Crippen molar-refractivity contribution >= 4 is 56.3 Å². The van der Waals surface area contributed by atoms with Gasteiger partial charge in [0.1, 0.15) is 0 Å². The summed E-state index contributed by atoms with van der Waals surface area (Å²) in [7, 11) is 0. The van der Waals surface area contributed by atoms with E-state index in [0.717, 1.165) is 0 Å². The molecule has 3 aliphatic heterocycles. The summed E-state index contributed by atoms with van der Waals surface area (Å²) in [5.41, 5.74) is 13.3. The van der Waals surface area contributed by atoms with E-state index < -0.39 is 0 Å². The summed E-state index contributed by atoms with van der Waals surface area (Å²) in [5.74, 6) is 0. The van der Waals surface area contributed by atoms with Gasteiger partial charge in [0.25, 0.3) is 6.71 Å². The van der Waals surface area contributed by atoms with Crippen LogP contribution >= 0.6 is 0 Å². The third-order valence-corrected chi connectivity index (χ3v) is 10.3. The zero-order valence-electron chi connectivity index (χ0n) is 20.3. The molecule has 4 heterocycles. The molecule has 1 fully saturated rings. The molecule has 3 heteroatoms. The predicted molar refractivity (Wildman–Crippen MR) is 148 cm³/mol. The quantitative estimate of drug-likeness (QED) is 0.271. The molecule has 1 aromatic heterocycles. The summed E-state index contributed by atoms with van der Waals surface area (Å²) < 4.78 is 2.56. The molecule has 35 heavy (non-hydrogen) atoms. The first-order valence-electron chi connectivity index (χ1n) is 13.2. The van der Waals surface area contributed by atoms with Crippen molar-refractivity contribution < 1.29 is 0 Å². The lowest BCUT2D eigenvalue weighted by Crippen LogP contribution is -2.64. The highest BCUT2D eigenvalue weighted by Gasteiger charge is 2.60. The molecular weight excluding hydrogens is 423 g/mol. The average Bonchev–Trinajstić information content (AvgIpc) is 3.33. The maximum absolute atomic E-state index is 2.79. The summed E-state index contributed by atoms with van der Waals surface area (Å²) in [6, 6.07) is 30.2. The van der Waals surface area contributed by atoms with Crippen LogP contribution in [-0.4, -0.2) is 16.8 Å². The summed E-state index contributed by atoms with van der Waals surface area (Å²) in [6.45, 7) is 5.38. The monoisotopic (exact) mass is 450 g/mol. The van der Waals surface area contributed by atoms with Gasteiger partial charge < -0.3 is 9.47 Å². The Kier molecular flexibility index (Phi) is 3.14. The molecule has 0 radical (unpaired) electrons. The van der Waals surface area contributed by atoms with Crippen molar-refractivity contribution in [2.45, 2.75) is 50.5 Å². The lowest BCUT2D eigenvalue weighted by molar-refractivity contribution is 0.195. The second-order valence-electron chi connectivity index (χ2n) is 11.6. The van der Waals surface area contributed by atoms with Crippen LogP contribution in [0.15, 0.2) is 78.9 Å². The highest BCUT2D eigenvalue weighted by Crippen LogP contribution is 2.61. The number of rotatable bonds is 0. The number of aromatic nitrogens is 1. The minimum atomic E-state index is 0.106. The van der Waals surface area contributed by atoms with Crippen LogP contribution in [0.2, 0.25) is 0 Å². The van der Waals surface area contributed by atoms with Gasteiger partial charge >= 0.3 is 0 Å². The van der Waals surface area contributed by atoms with E-state index in [0.29, 0.717) is 0 Å². The normalized spacial score (nSPS) is 25.1. The minimum Gasteiger partial charge on any atom is -0.335 e. The lowest BCUT2D eigenvalue weighted by atomic mass is 9.34. The van der Waals surface area contributed by atoms with Gasteiger partial charge in [-0.25, -0.2) is 0 Å². The van der Waals surface area contributed by atoms with Gasteiger partial charge in [-0.05, 0) is 59.9 Å². The van der Waals surface area contributed by atoms with Crippen LogP contribution in [0, 0.1) is 0 Å². The van der Waals surface area contributed by atoms with Crippen molar-refractivity contribution in [3.05, 3.63) is 84.4 Å². The number of para-hydroxylation sites is 3. The molecule has 168 valence electrons. The molecule has 1 saturated carbocycles. The molecule has 0 saturated heterocycles. The van der Waals surface area contributed by atoms with Crippen LogP contribution < -0.4 is 21.3 Å². The van der Waals surface area contributed by atoms with E-state index in [1.54, 1.807) is 5.56 Å². The van der Waals surface area contributed by atoms with E-state index in [-0.39, 0.29) is 17.7 Å². The summed E-state index contributed by atoms with van der Waals surface area (Å²) in [4.78, 5) is 2.79. The maximum Gasteiger partial charge on any atom is 0.252 e. The fourth-order valence-electron chi connectivity index (χ4n) is 8.63. The van der Waals surface area contributed by atoms with E-state index in [2.05, 4.69) is 102 Å². The SMILES string of the molecule is CC12CCCCC1(C)N1c3cccc4c3B(c3cccc2c31)c1cccc2c3ccccc3n-4c12. The largest absolute Gasteiger partial charge is 0.335 e. The smallest absolute Gasteiger partial charge is 0.252 e. The fraction of sp³-hybridized carbons (Fsp3) is 0.250. The number of nitrogens with zero attached hydrogens (tertiary/aromatic N) is 2. The molecule has 2 atom stereocenters. The molecule has 0 amide bonds. The molecular formula is C32H27BN2. The molecule has 4 aromatic carbocycles. The Morgan fingerprint density at radius 1 is 0.714 bits per heavy atom. The number of fused-ring (bicyclic) bond motifs is 10. The van der Waals surface area contributed by atoms with E-state index in [1.165, 1.54) is 80.9 Å². The fourth-order valence-corrected chi connectivity index (χ4v) is 8.63.